The maximum Gasteiger partial charge on any atom is 0.337 e. The lowest BCUT2D eigenvalue weighted by Gasteiger charge is -2.08. The summed E-state index contributed by atoms with van der Waals surface area (Å²) in [5, 5.41) is 60.5. The molecule has 0 radical (unpaired) electrons. The molecule has 564 valence electrons. The van der Waals surface area contributed by atoms with E-state index < -0.39 is 23.7 Å². The molecule has 10 aromatic heterocycles. The first kappa shape index (κ1) is 79.7. The maximum atomic E-state index is 12.5. The second-order valence-electron chi connectivity index (χ2n) is 23.3. The van der Waals surface area contributed by atoms with Crippen LogP contribution in [0.5, 0.6) is 11.5 Å². The van der Waals surface area contributed by atoms with E-state index >= 15 is 0 Å². The number of nitriles is 1. The molecule has 0 saturated carbocycles. The summed E-state index contributed by atoms with van der Waals surface area (Å²) in [4.78, 5) is 77.7. The number of carboxylic acids is 1. The van der Waals surface area contributed by atoms with Gasteiger partial charge in [0.1, 0.15) is 0 Å². The van der Waals surface area contributed by atoms with Gasteiger partial charge in [0.05, 0.1) is 54.1 Å². The van der Waals surface area contributed by atoms with Crippen molar-refractivity contribution < 1.29 is 61.4 Å². The zero-order valence-electron chi connectivity index (χ0n) is 59.0. The number of ketones is 1. The topological polar surface area (TPSA) is 375 Å². The fourth-order valence-corrected chi connectivity index (χ4v) is 17.6. The Hall–Kier alpha value is -12.9. The van der Waals surface area contributed by atoms with Crippen LogP contribution in [0.1, 0.15) is 75.9 Å². The van der Waals surface area contributed by atoms with E-state index in [0.717, 1.165) is 85.0 Å². The van der Waals surface area contributed by atoms with E-state index in [2.05, 4.69) is 48.2 Å². The summed E-state index contributed by atoms with van der Waals surface area (Å²) in [6, 6.07) is 61.7. The minimum Gasteiger partial charge on any atom is -0.493 e. The number of primary amides is 1. The number of hydrazine groups is 1. The van der Waals surface area contributed by atoms with Gasteiger partial charge in [0, 0.05) is 132 Å². The van der Waals surface area contributed by atoms with Crippen molar-refractivity contribution in [3.05, 3.63) is 271 Å². The van der Waals surface area contributed by atoms with E-state index in [0.29, 0.717) is 69.6 Å². The molecule has 18 aromatic rings. The molecule has 113 heavy (non-hydrogen) atoms. The number of Topliss-reactive ketones (excluding diaryl/α,β-unsaturated/α-hetero) is 1. The third-order valence-corrected chi connectivity index (χ3v) is 23.3. The first-order valence-corrected chi connectivity index (χ1v) is 39.9. The van der Waals surface area contributed by atoms with Gasteiger partial charge < -0.3 is 39.3 Å². The maximum absolute atomic E-state index is 12.5. The van der Waals surface area contributed by atoms with Crippen LogP contribution in [0.15, 0.2) is 239 Å². The highest BCUT2D eigenvalue weighted by Gasteiger charge is 2.20. The zero-order valence-corrected chi connectivity index (χ0v) is 65.5. The van der Waals surface area contributed by atoms with Gasteiger partial charge in [-0.1, -0.05) is 132 Å². The molecule has 8 aromatic carbocycles. The number of nitrogens with zero attached hydrogens (tertiary/aromatic N) is 7. The first-order valence-electron chi connectivity index (χ1n) is 33.4. The Kier molecular flexibility index (Phi) is 26.9. The summed E-state index contributed by atoms with van der Waals surface area (Å²) in [5.74, 6) is -0.182. The Morgan fingerprint density at radius 1 is 0.487 bits per heavy atom. The van der Waals surface area contributed by atoms with Gasteiger partial charge in [-0.3, -0.25) is 39.6 Å². The number of rotatable bonds is 14. The van der Waals surface area contributed by atoms with Crippen LogP contribution in [0.3, 0.4) is 0 Å². The highest BCUT2D eigenvalue weighted by molar-refractivity contribution is 7.19. The fraction of sp³-hybridized carbons (Fsp3) is 0.0617. The lowest BCUT2D eigenvalue weighted by atomic mass is 10.1. The largest absolute Gasteiger partial charge is 0.493 e. The van der Waals surface area contributed by atoms with Crippen molar-refractivity contribution in [3.8, 4) is 51.9 Å². The van der Waals surface area contributed by atoms with Gasteiger partial charge in [-0.05, 0) is 72.3 Å². The number of halogens is 1. The van der Waals surface area contributed by atoms with Crippen LogP contribution in [0, 0.1) is 11.3 Å². The average Bonchev–Trinajstić information content (AvgIpc) is 1.69. The molecular formula is C81H58ClN11O13S7. The predicted octanol–water partition coefficient (Wildman–Crippen LogP) is 18.8. The third kappa shape index (κ3) is 19.5. The number of fused-ring (bicyclic) bond motifs is 7. The molecule has 7 N–H and O–H groups in total. The van der Waals surface area contributed by atoms with E-state index in [4.69, 9.17) is 56.2 Å². The monoisotopic (exact) mass is 1650 g/mol. The molecule has 0 aliphatic carbocycles. The van der Waals surface area contributed by atoms with Gasteiger partial charge in [0.15, 0.2) is 29.6 Å². The molecule has 32 heteroatoms. The number of carboxylic acid groups (broad SMARTS) is 1. The average molecular weight is 1650 g/mol. The van der Waals surface area contributed by atoms with Gasteiger partial charge in [-0.2, -0.15) is 5.26 Å². The first-order chi connectivity index (χ1) is 55.0. The molecule has 10 heterocycles. The van der Waals surface area contributed by atoms with E-state index in [1.165, 1.54) is 48.1 Å². The number of ether oxygens (including phenoxy) is 2. The lowest BCUT2D eigenvalue weighted by molar-refractivity contribution is -0.137. The number of nitrogens with two attached hydrogens (primary N) is 2. The molecule has 18 rings (SSSR count). The molecule has 0 atom stereocenters. The Bertz CT molecular complexity index is 6390. The van der Waals surface area contributed by atoms with Crippen molar-refractivity contribution in [3.63, 3.8) is 0 Å². The number of aromatic carboxylic acids is 1. The van der Waals surface area contributed by atoms with Crippen LogP contribution in [0.2, 0.25) is 0 Å². The van der Waals surface area contributed by atoms with E-state index in [1.807, 2.05) is 185 Å². The SMILES string of the molecule is COc1ccc(C(=O)CCc2nnc(-c3csc4ccccc34)o2)cc1OC.N#Cc1nnc(-c2csc3ccccc23)o1.NC(=O)C(=O)NNC(=O)c1csc2ccccc12.NCc1nnc(-c2csc3ccccc23)o1.O=C(Cl)c1csc2ccccc12.O=C(O)c1csc2ccccc12.O=Cc1csc2ccccc12. The molecule has 0 aliphatic heterocycles. The van der Waals surface area contributed by atoms with Gasteiger partial charge in [0.2, 0.25) is 29.5 Å². The minimum atomic E-state index is -1.16. The minimum absolute atomic E-state index is 0.00900. The number of hydrogen-bond acceptors (Lipinski definition) is 27. The Labute approximate surface area is 673 Å². The van der Waals surface area contributed by atoms with Gasteiger partial charge in [-0.15, -0.1) is 105 Å². The highest BCUT2D eigenvalue weighted by atomic mass is 35.5. The van der Waals surface area contributed by atoms with Crippen molar-refractivity contribution in [1.29, 1.82) is 5.26 Å². The number of hydrogen-bond donors (Lipinski definition) is 5. The number of benzene rings is 8. The summed E-state index contributed by atoms with van der Waals surface area (Å²) < 4.78 is 34.7. The standard InChI is InChI=1S/C21H18N2O4S.C11H9N3O3S.C11H9N3OS.C11H5N3OS.C9H5ClOS.C9H6O2S.C9H6OS/c1-25-17-9-7-13(11-18(17)26-2)16(24)8-10-20-22-23-21(27-20)15-12-28-19-6-4-3-5-14(15)19;12-9(15)11(17)14-13-10(16)7-5-18-8-4-2-1-3-6(7)8;2*12-5-10-13-14-11(15-10)8-6-16-9-4-2-1-3-7(8)9;2*10-9(11)7-5-12-8-4-2-1-3-6(7)8;10-5-7-6-11-9-4-2-1-3-8(7)9/h3-7,9,11-12H,8,10H2,1-2H3;1-5H,(H2,12,15)(H,13,16)(H,14,17);1-4,6H,5,12H2;1-4,6H;1-5H;1-5H,(H,10,11);1-6H. The van der Waals surface area contributed by atoms with Crippen molar-refractivity contribution in [2.24, 2.45) is 11.5 Å². The summed E-state index contributed by atoms with van der Waals surface area (Å²) in [5.41, 5.74) is 19.8. The Morgan fingerprint density at radius 3 is 1.34 bits per heavy atom. The second kappa shape index (κ2) is 38.2. The number of carbonyl (C=O) groups is 7. The van der Waals surface area contributed by atoms with Crippen LogP contribution < -0.4 is 31.8 Å². The molecule has 0 aliphatic rings. The number of methoxy groups -OCH3 is 2. The molecule has 0 saturated heterocycles. The number of aldehydes is 1. The van der Waals surface area contributed by atoms with Crippen LogP contribution in [0.25, 0.3) is 105 Å². The number of amides is 3. The summed E-state index contributed by atoms with van der Waals surface area (Å²) in [7, 11) is 3.10. The summed E-state index contributed by atoms with van der Waals surface area (Å²) in [6.45, 7) is 0.273. The number of aromatic nitrogens is 6. The molecule has 0 fully saturated rings. The number of carbonyl (C=O) groups excluding carboxylic acids is 6. The van der Waals surface area contributed by atoms with Crippen molar-refractivity contribution in [2.75, 3.05) is 14.2 Å². The number of thiophene rings is 7. The van der Waals surface area contributed by atoms with Gasteiger partial charge in [-0.25, -0.2) is 4.79 Å². The second-order valence-corrected chi connectivity index (χ2v) is 30.0. The van der Waals surface area contributed by atoms with Crippen molar-refractivity contribution in [2.45, 2.75) is 19.4 Å². The molecule has 0 bridgehead atoms. The normalized spacial score (nSPS) is 10.5. The number of nitrogens with one attached hydrogen (secondary N) is 2. The van der Waals surface area contributed by atoms with Gasteiger partial charge in [0.25, 0.3) is 11.1 Å². The van der Waals surface area contributed by atoms with Crippen LogP contribution in [0.4, 0.5) is 0 Å². The van der Waals surface area contributed by atoms with Crippen LogP contribution in [-0.2, 0) is 22.6 Å². The summed E-state index contributed by atoms with van der Waals surface area (Å²) >= 11 is 16.3. The predicted molar refractivity (Wildman–Crippen MR) is 445 cm³/mol. The van der Waals surface area contributed by atoms with Crippen molar-refractivity contribution in [1.82, 2.24) is 41.4 Å². The number of aryl methyl sites for hydroxylation is 1. The molecule has 0 unspecified atom stereocenters. The molecular weight excluding hydrogens is 1590 g/mol. The highest BCUT2D eigenvalue weighted by Crippen LogP contribution is 2.37. The Morgan fingerprint density at radius 2 is 0.885 bits per heavy atom. The summed E-state index contributed by atoms with van der Waals surface area (Å²) in [6.07, 6.45) is 1.54. The molecule has 3 amide bonds. The molecule has 0 spiro atoms. The van der Waals surface area contributed by atoms with E-state index in [1.54, 1.807) is 100.0 Å². The fourth-order valence-electron chi connectivity index (χ4n) is 10.8. The molecule has 24 nitrogen and oxygen atoms in total. The van der Waals surface area contributed by atoms with Gasteiger partial charge >= 0.3 is 23.7 Å². The van der Waals surface area contributed by atoms with E-state index in [9.17, 15) is 33.6 Å². The zero-order chi connectivity index (χ0) is 79.3. The van der Waals surface area contributed by atoms with Crippen molar-refractivity contribution >= 4 is 203 Å². The quantitative estimate of drug-likeness (QED) is 0.0222. The Balaban J connectivity index is 0.000000125. The van der Waals surface area contributed by atoms with Crippen LogP contribution in [-0.4, -0.2) is 90.9 Å². The smallest absolute Gasteiger partial charge is 0.337 e. The van der Waals surface area contributed by atoms with Crippen LogP contribution >= 0.6 is 91.0 Å². The van der Waals surface area contributed by atoms with E-state index in [-0.39, 0.29) is 29.9 Å². The third-order valence-electron chi connectivity index (χ3n) is 16.3. The lowest BCUT2D eigenvalue weighted by Crippen LogP contribution is -2.47.